The molecule has 10 heteroatoms. The number of amides is 3. The van der Waals surface area contributed by atoms with Gasteiger partial charge in [0.25, 0.3) is 17.1 Å². The molecule has 3 rings (SSSR count). The number of carbonyl (C=O) groups excluding carboxylic acids is 4. The lowest BCUT2D eigenvalue weighted by Gasteiger charge is -2.14. The molecule has 1 fully saturated rings. The molecule has 1 aliphatic rings. The number of imide groups is 1. The third-order valence-electron chi connectivity index (χ3n) is 4.98. The third kappa shape index (κ3) is 6.63. The van der Waals surface area contributed by atoms with E-state index in [1.54, 1.807) is 18.2 Å². The van der Waals surface area contributed by atoms with Crippen molar-refractivity contribution in [2.45, 2.75) is 20.8 Å². The van der Waals surface area contributed by atoms with Gasteiger partial charge in [0.1, 0.15) is 6.54 Å². The fourth-order valence-corrected chi connectivity index (χ4v) is 4.02. The zero-order chi connectivity index (χ0) is 25.5. The van der Waals surface area contributed by atoms with Gasteiger partial charge in [-0.2, -0.15) is 0 Å². The Kier molecular flexibility index (Phi) is 8.53. The SMILES string of the molecule is CCOc1cc(/C=C2\SC(=O)N(CC(=O)OC)C2=O)ccc1OCC(=O)Nc1cc(C)ccc1C. The number of anilines is 1. The van der Waals surface area contributed by atoms with Crippen LogP contribution in [0.4, 0.5) is 10.5 Å². The summed E-state index contributed by atoms with van der Waals surface area (Å²) in [6.45, 7) is 5.35. The Hall–Kier alpha value is -3.79. The number of nitrogens with one attached hydrogen (secondary N) is 1. The van der Waals surface area contributed by atoms with Crippen molar-refractivity contribution in [2.24, 2.45) is 0 Å². The Balaban J connectivity index is 1.71. The average molecular weight is 499 g/mol. The Labute approximate surface area is 207 Å². The summed E-state index contributed by atoms with van der Waals surface area (Å²) in [7, 11) is 1.18. The predicted octanol–water partition coefficient (Wildman–Crippen LogP) is 3.93. The van der Waals surface area contributed by atoms with Gasteiger partial charge in [-0.05, 0) is 73.5 Å². The maximum absolute atomic E-state index is 12.5. The van der Waals surface area contributed by atoms with E-state index in [0.29, 0.717) is 23.7 Å². The van der Waals surface area contributed by atoms with E-state index < -0.39 is 23.7 Å². The monoisotopic (exact) mass is 498 g/mol. The molecule has 184 valence electrons. The summed E-state index contributed by atoms with van der Waals surface area (Å²) >= 11 is 0.735. The van der Waals surface area contributed by atoms with Crippen molar-refractivity contribution in [3.8, 4) is 11.5 Å². The highest BCUT2D eigenvalue weighted by molar-refractivity contribution is 8.18. The molecule has 0 radical (unpaired) electrons. The Bertz CT molecular complexity index is 1190. The van der Waals surface area contributed by atoms with Crippen molar-refractivity contribution in [1.82, 2.24) is 4.90 Å². The van der Waals surface area contributed by atoms with Crippen LogP contribution in [0.15, 0.2) is 41.3 Å². The number of ether oxygens (including phenoxy) is 3. The zero-order valence-corrected chi connectivity index (χ0v) is 20.7. The molecule has 35 heavy (non-hydrogen) atoms. The molecule has 0 saturated carbocycles. The number of nitrogens with zero attached hydrogens (tertiary/aromatic N) is 1. The summed E-state index contributed by atoms with van der Waals surface area (Å²) in [5, 5.41) is 2.29. The lowest BCUT2D eigenvalue weighted by atomic mass is 10.1. The van der Waals surface area contributed by atoms with Crippen LogP contribution in [0.25, 0.3) is 6.08 Å². The van der Waals surface area contributed by atoms with Gasteiger partial charge in [0.2, 0.25) is 0 Å². The quantitative estimate of drug-likeness (QED) is 0.409. The van der Waals surface area contributed by atoms with Crippen molar-refractivity contribution in [3.05, 3.63) is 58.0 Å². The maximum Gasteiger partial charge on any atom is 0.325 e. The lowest BCUT2D eigenvalue weighted by Crippen LogP contribution is -2.34. The second-order valence-electron chi connectivity index (χ2n) is 7.64. The molecule has 1 saturated heterocycles. The van der Waals surface area contributed by atoms with Crippen LogP contribution in [0, 0.1) is 13.8 Å². The smallest absolute Gasteiger partial charge is 0.325 e. The minimum atomic E-state index is -0.685. The molecule has 1 heterocycles. The number of benzene rings is 2. The summed E-state index contributed by atoms with van der Waals surface area (Å²) < 4.78 is 15.9. The molecule has 1 N–H and O–H groups in total. The van der Waals surface area contributed by atoms with Gasteiger partial charge >= 0.3 is 5.97 Å². The maximum atomic E-state index is 12.5. The lowest BCUT2D eigenvalue weighted by molar-refractivity contribution is -0.143. The number of rotatable bonds is 9. The fourth-order valence-electron chi connectivity index (χ4n) is 3.18. The molecule has 0 atom stereocenters. The van der Waals surface area contributed by atoms with Gasteiger partial charge in [-0.15, -0.1) is 0 Å². The van der Waals surface area contributed by atoms with Crippen molar-refractivity contribution >= 4 is 46.5 Å². The number of esters is 1. The largest absolute Gasteiger partial charge is 0.490 e. The summed E-state index contributed by atoms with van der Waals surface area (Å²) in [5.74, 6) is -0.833. The van der Waals surface area contributed by atoms with Crippen LogP contribution in [0.1, 0.15) is 23.6 Å². The number of thioether (sulfide) groups is 1. The molecule has 2 aromatic carbocycles. The van der Waals surface area contributed by atoms with Crippen LogP contribution in [0.5, 0.6) is 11.5 Å². The Morgan fingerprint density at radius 2 is 1.83 bits per heavy atom. The van der Waals surface area contributed by atoms with E-state index in [2.05, 4.69) is 10.1 Å². The highest BCUT2D eigenvalue weighted by atomic mass is 32.2. The first-order chi connectivity index (χ1) is 16.7. The number of methoxy groups -OCH3 is 1. The van der Waals surface area contributed by atoms with E-state index in [4.69, 9.17) is 9.47 Å². The number of hydrogen-bond acceptors (Lipinski definition) is 8. The summed E-state index contributed by atoms with van der Waals surface area (Å²) in [4.78, 5) is 49.5. The van der Waals surface area contributed by atoms with Crippen LogP contribution in [0.3, 0.4) is 0 Å². The summed E-state index contributed by atoms with van der Waals surface area (Å²) in [6, 6.07) is 10.7. The van der Waals surface area contributed by atoms with Gasteiger partial charge in [-0.3, -0.25) is 24.1 Å². The molecule has 0 spiro atoms. The van der Waals surface area contributed by atoms with Crippen LogP contribution in [-0.4, -0.2) is 54.8 Å². The number of carbonyl (C=O) groups is 4. The van der Waals surface area contributed by atoms with Gasteiger partial charge < -0.3 is 19.5 Å². The normalized spacial score (nSPS) is 14.3. The molecule has 0 aromatic heterocycles. The minimum Gasteiger partial charge on any atom is -0.490 e. The molecule has 0 bridgehead atoms. The Morgan fingerprint density at radius 1 is 1.06 bits per heavy atom. The highest BCUT2D eigenvalue weighted by Gasteiger charge is 2.36. The second kappa shape index (κ2) is 11.6. The average Bonchev–Trinajstić information content (AvgIpc) is 3.08. The van der Waals surface area contributed by atoms with Gasteiger partial charge in [0, 0.05) is 5.69 Å². The topological polar surface area (TPSA) is 111 Å². The van der Waals surface area contributed by atoms with E-state index in [1.807, 2.05) is 39.0 Å². The van der Waals surface area contributed by atoms with Crippen LogP contribution in [-0.2, 0) is 19.1 Å². The molecule has 0 aliphatic carbocycles. The molecular weight excluding hydrogens is 472 g/mol. The third-order valence-corrected chi connectivity index (χ3v) is 5.89. The number of aryl methyl sites for hydroxylation is 2. The van der Waals surface area contributed by atoms with Crippen LogP contribution >= 0.6 is 11.8 Å². The van der Waals surface area contributed by atoms with E-state index in [-0.39, 0.29) is 17.4 Å². The van der Waals surface area contributed by atoms with E-state index in [0.717, 1.165) is 33.5 Å². The van der Waals surface area contributed by atoms with Gasteiger partial charge in [-0.25, -0.2) is 0 Å². The number of hydrogen-bond donors (Lipinski definition) is 1. The molecule has 9 nitrogen and oxygen atoms in total. The van der Waals surface area contributed by atoms with Crippen LogP contribution in [0.2, 0.25) is 0 Å². The summed E-state index contributed by atoms with van der Waals surface area (Å²) in [6.07, 6.45) is 1.53. The van der Waals surface area contributed by atoms with Gasteiger partial charge in [0.15, 0.2) is 18.1 Å². The molecule has 0 unspecified atom stereocenters. The van der Waals surface area contributed by atoms with Crippen molar-refractivity contribution in [3.63, 3.8) is 0 Å². The summed E-state index contributed by atoms with van der Waals surface area (Å²) in [5.41, 5.74) is 3.29. The van der Waals surface area contributed by atoms with E-state index >= 15 is 0 Å². The second-order valence-corrected chi connectivity index (χ2v) is 8.63. The molecule has 2 aromatic rings. The van der Waals surface area contributed by atoms with Crippen molar-refractivity contribution < 1.29 is 33.4 Å². The van der Waals surface area contributed by atoms with Crippen LogP contribution < -0.4 is 14.8 Å². The molecular formula is C25H26N2O7S. The van der Waals surface area contributed by atoms with E-state index in [9.17, 15) is 19.2 Å². The first-order valence-corrected chi connectivity index (χ1v) is 11.6. The predicted molar refractivity (Wildman–Crippen MR) is 132 cm³/mol. The minimum absolute atomic E-state index is 0.169. The van der Waals surface area contributed by atoms with Crippen molar-refractivity contribution in [2.75, 3.05) is 32.2 Å². The first-order valence-electron chi connectivity index (χ1n) is 10.8. The van der Waals surface area contributed by atoms with Crippen molar-refractivity contribution in [1.29, 1.82) is 0 Å². The standard InChI is InChI=1S/C25H26N2O7S/c1-5-33-20-11-17(12-21-24(30)27(25(31)35-21)13-23(29)32-4)8-9-19(20)34-14-22(28)26-18-10-15(2)6-7-16(18)3/h6-12H,5,13-14H2,1-4H3,(H,26,28)/b21-12-. The fraction of sp³-hybridized carbons (Fsp3) is 0.280. The van der Waals surface area contributed by atoms with Gasteiger partial charge in [-0.1, -0.05) is 18.2 Å². The molecule has 1 aliphatic heterocycles. The molecule has 3 amide bonds. The first kappa shape index (κ1) is 25.8. The highest BCUT2D eigenvalue weighted by Crippen LogP contribution is 2.34. The zero-order valence-electron chi connectivity index (χ0n) is 19.9. The Morgan fingerprint density at radius 3 is 2.54 bits per heavy atom. The van der Waals surface area contributed by atoms with Gasteiger partial charge in [0.05, 0.1) is 18.6 Å². The van der Waals surface area contributed by atoms with E-state index in [1.165, 1.54) is 13.2 Å².